The van der Waals surface area contributed by atoms with Crippen LogP contribution in [0.3, 0.4) is 0 Å². The van der Waals surface area contributed by atoms with Crippen LogP contribution in [0.15, 0.2) is 48.3 Å². The van der Waals surface area contributed by atoms with E-state index in [0.29, 0.717) is 18.9 Å². The van der Waals surface area contributed by atoms with E-state index >= 15 is 0 Å². The molecule has 2 aromatic rings. The van der Waals surface area contributed by atoms with Crippen LogP contribution in [0.5, 0.6) is 0 Å². The van der Waals surface area contributed by atoms with Crippen molar-refractivity contribution in [2.45, 2.75) is 43.7 Å². The minimum Gasteiger partial charge on any atom is -0.501 e. The molecule has 2 aliphatic rings. The average Bonchev–Trinajstić information content (AvgIpc) is 2.87. The molecule has 1 unspecified atom stereocenters. The SMILES string of the molecule is COC1=CC=CC(CNC(=O)C2CCC(Nc3nc(N(C)C)c4ccccc4n3)CC2)(OC)C1. The van der Waals surface area contributed by atoms with Crippen molar-refractivity contribution in [3.8, 4) is 0 Å². The van der Waals surface area contributed by atoms with E-state index in [0.717, 1.165) is 48.2 Å². The average molecular weight is 466 g/mol. The number of nitrogens with one attached hydrogen (secondary N) is 2. The number of hydrogen-bond donors (Lipinski definition) is 2. The third-order valence-electron chi connectivity index (χ3n) is 6.82. The molecule has 8 nitrogen and oxygen atoms in total. The van der Waals surface area contributed by atoms with Gasteiger partial charge in [0.1, 0.15) is 11.4 Å². The lowest BCUT2D eigenvalue weighted by Gasteiger charge is -2.33. The summed E-state index contributed by atoms with van der Waals surface area (Å²) in [4.78, 5) is 24.4. The largest absolute Gasteiger partial charge is 0.501 e. The molecule has 0 aliphatic heterocycles. The zero-order valence-corrected chi connectivity index (χ0v) is 20.5. The van der Waals surface area contributed by atoms with Gasteiger partial charge in [0.2, 0.25) is 11.9 Å². The molecule has 2 N–H and O–H groups in total. The molecule has 182 valence electrons. The van der Waals surface area contributed by atoms with Crippen molar-refractivity contribution in [1.29, 1.82) is 0 Å². The number of fused-ring (bicyclic) bond motifs is 1. The standard InChI is InChI=1S/C26H35N5O3/c1-31(2)23-21-9-5-6-10-22(21)29-25(30-23)28-19-13-11-18(12-14-19)24(32)27-17-26(34-4)15-7-8-20(16-26)33-3/h5-10,15,18-19H,11-14,16-17H2,1-4H3,(H,27,32)(H,28,29,30). The quantitative estimate of drug-likeness (QED) is 0.615. The van der Waals surface area contributed by atoms with E-state index in [1.807, 2.05) is 61.5 Å². The summed E-state index contributed by atoms with van der Waals surface area (Å²) in [6.45, 7) is 0.427. The maximum atomic E-state index is 12.9. The van der Waals surface area contributed by atoms with Crippen LogP contribution in [-0.4, -0.2) is 62.4 Å². The molecule has 8 heteroatoms. The number of rotatable bonds is 8. The molecule has 34 heavy (non-hydrogen) atoms. The van der Waals surface area contributed by atoms with Crippen molar-refractivity contribution in [3.63, 3.8) is 0 Å². The van der Waals surface area contributed by atoms with Gasteiger partial charge in [0.05, 0.1) is 24.9 Å². The van der Waals surface area contributed by atoms with Gasteiger partial charge < -0.3 is 25.0 Å². The first-order chi connectivity index (χ1) is 16.4. The van der Waals surface area contributed by atoms with Crippen LogP contribution in [0.4, 0.5) is 11.8 Å². The number of amides is 1. The zero-order valence-electron chi connectivity index (χ0n) is 20.5. The Balaban J connectivity index is 1.32. The van der Waals surface area contributed by atoms with Gasteiger partial charge in [-0.1, -0.05) is 24.3 Å². The van der Waals surface area contributed by atoms with Gasteiger partial charge in [0.25, 0.3) is 0 Å². The van der Waals surface area contributed by atoms with Crippen LogP contribution in [0.25, 0.3) is 10.9 Å². The first-order valence-electron chi connectivity index (χ1n) is 11.9. The summed E-state index contributed by atoms with van der Waals surface area (Å²) in [6, 6.07) is 8.30. The molecule has 0 spiro atoms. The molecule has 0 radical (unpaired) electrons. The number of benzene rings is 1. The Morgan fingerprint density at radius 3 is 2.62 bits per heavy atom. The van der Waals surface area contributed by atoms with Gasteiger partial charge >= 0.3 is 0 Å². The molecule has 1 atom stereocenters. The Hall–Kier alpha value is -3.13. The monoisotopic (exact) mass is 465 g/mol. The normalized spacial score (nSPS) is 24.4. The fraction of sp³-hybridized carbons (Fsp3) is 0.500. The Bertz CT molecular complexity index is 1080. The number of anilines is 2. The molecule has 1 fully saturated rings. The highest BCUT2D eigenvalue weighted by molar-refractivity contribution is 5.90. The van der Waals surface area contributed by atoms with Gasteiger partial charge in [-0.15, -0.1) is 0 Å². The first kappa shape index (κ1) is 24.0. The fourth-order valence-electron chi connectivity index (χ4n) is 4.75. The Morgan fingerprint density at radius 1 is 1.15 bits per heavy atom. The molecule has 2 aliphatic carbocycles. The third-order valence-corrected chi connectivity index (χ3v) is 6.82. The molecule has 1 heterocycles. The highest BCUT2D eigenvalue weighted by Gasteiger charge is 2.33. The van der Waals surface area contributed by atoms with Crippen molar-refractivity contribution >= 4 is 28.6 Å². The maximum absolute atomic E-state index is 12.9. The highest BCUT2D eigenvalue weighted by Crippen LogP contribution is 2.30. The predicted octanol–water partition coefficient (Wildman–Crippen LogP) is 3.66. The van der Waals surface area contributed by atoms with Crippen LogP contribution in [-0.2, 0) is 14.3 Å². The van der Waals surface area contributed by atoms with Crippen LogP contribution >= 0.6 is 0 Å². The predicted molar refractivity (Wildman–Crippen MR) is 135 cm³/mol. The van der Waals surface area contributed by atoms with Gasteiger partial charge in [-0.3, -0.25) is 4.79 Å². The summed E-state index contributed by atoms with van der Waals surface area (Å²) in [5, 5.41) is 7.66. The Kier molecular flexibility index (Phi) is 7.36. The van der Waals surface area contributed by atoms with Crippen LogP contribution < -0.4 is 15.5 Å². The van der Waals surface area contributed by atoms with Crippen LogP contribution in [0.2, 0.25) is 0 Å². The topological polar surface area (TPSA) is 88.6 Å². The maximum Gasteiger partial charge on any atom is 0.225 e. The number of carbonyl (C=O) groups excluding carboxylic acids is 1. The molecule has 1 saturated carbocycles. The van der Waals surface area contributed by atoms with Gasteiger partial charge in [-0.05, 0) is 43.9 Å². The molecule has 0 bridgehead atoms. The summed E-state index contributed by atoms with van der Waals surface area (Å²) in [6.07, 6.45) is 9.90. The lowest BCUT2D eigenvalue weighted by molar-refractivity contribution is -0.127. The van der Waals surface area contributed by atoms with Crippen LogP contribution in [0.1, 0.15) is 32.1 Å². The molecule has 0 saturated heterocycles. The third kappa shape index (κ3) is 5.33. The van der Waals surface area contributed by atoms with Crippen LogP contribution in [0, 0.1) is 5.92 Å². The summed E-state index contributed by atoms with van der Waals surface area (Å²) < 4.78 is 11.1. The summed E-state index contributed by atoms with van der Waals surface area (Å²) >= 11 is 0. The fourth-order valence-corrected chi connectivity index (χ4v) is 4.75. The summed E-state index contributed by atoms with van der Waals surface area (Å²) in [7, 11) is 7.31. The number of methoxy groups -OCH3 is 2. The molecule has 4 rings (SSSR count). The van der Waals surface area contributed by atoms with Crippen molar-refractivity contribution in [3.05, 3.63) is 48.3 Å². The number of nitrogens with zero attached hydrogens (tertiary/aromatic N) is 3. The van der Waals surface area contributed by atoms with E-state index in [9.17, 15) is 4.79 Å². The number of hydrogen-bond acceptors (Lipinski definition) is 7. The minimum absolute atomic E-state index is 0.00632. The van der Waals surface area contributed by atoms with E-state index in [2.05, 4.69) is 10.6 Å². The second-order valence-electron chi connectivity index (χ2n) is 9.33. The van der Waals surface area contributed by atoms with Gasteiger partial charge in [0, 0.05) is 45.0 Å². The molecule has 1 amide bonds. The highest BCUT2D eigenvalue weighted by atomic mass is 16.5. The molecular weight excluding hydrogens is 430 g/mol. The van der Waals surface area contributed by atoms with Gasteiger partial charge in [0.15, 0.2) is 0 Å². The number of para-hydroxylation sites is 1. The van der Waals surface area contributed by atoms with E-state index in [1.165, 1.54) is 0 Å². The van der Waals surface area contributed by atoms with Crippen molar-refractivity contribution in [2.75, 3.05) is 45.1 Å². The molecule has 1 aromatic heterocycles. The number of ether oxygens (including phenoxy) is 2. The van der Waals surface area contributed by atoms with E-state index in [4.69, 9.17) is 19.4 Å². The zero-order chi connectivity index (χ0) is 24.1. The Labute approximate surface area is 201 Å². The lowest BCUT2D eigenvalue weighted by Crippen LogP contribution is -2.46. The van der Waals surface area contributed by atoms with E-state index < -0.39 is 5.60 Å². The number of allylic oxidation sites excluding steroid dienone is 2. The smallest absolute Gasteiger partial charge is 0.225 e. The lowest BCUT2D eigenvalue weighted by atomic mass is 9.85. The summed E-state index contributed by atoms with van der Waals surface area (Å²) in [5.41, 5.74) is 0.360. The number of carbonyl (C=O) groups is 1. The van der Waals surface area contributed by atoms with Gasteiger partial charge in [-0.2, -0.15) is 4.98 Å². The first-order valence-corrected chi connectivity index (χ1v) is 11.9. The van der Waals surface area contributed by atoms with E-state index in [1.54, 1.807) is 14.2 Å². The van der Waals surface area contributed by atoms with Crippen molar-refractivity contribution in [2.24, 2.45) is 5.92 Å². The number of aromatic nitrogens is 2. The van der Waals surface area contributed by atoms with Gasteiger partial charge in [-0.25, -0.2) is 4.98 Å². The Morgan fingerprint density at radius 2 is 1.91 bits per heavy atom. The van der Waals surface area contributed by atoms with Crippen molar-refractivity contribution < 1.29 is 14.3 Å². The van der Waals surface area contributed by atoms with E-state index in [-0.39, 0.29) is 17.9 Å². The summed E-state index contributed by atoms with van der Waals surface area (Å²) in [5.74, 6) is 2.49. The second-order valence-corrected chi connectivity index (χ2v) is 9.33. The molecular formula is C26H35N5O3. The second kappa shape index (κ2) is 10.4. The molecule has 1 aromatic carbocycles. The van der Waals surface area contributed by atoms with Crippen molar-refractivity contribution in [1.82, 2.24) is 15.3 Å². The minimum atomic E-state index is -0.563.